The minimum absolute atomic E-state index is 0.0295. The highest BCUT2D eigenvalue weighted by Gasteiger charge is 2.34. The van der Waals surface area contributed by atoms with Crippen molar-refractivity contribution in [1.29, 1.82) is 5.26 Å². The molecule has 0 amide bonds. The topological polar surface area (TPSA) is 72.1 Å². The Bertz CT molecular complexity index is 948. The Labute approximate surface area is 146 Å². The van der Waals surface area contributed by atoms with Crippen LogP contribution in [0.25, 0.3) is 5.69 Å². The van der Waals surface area contributed by atoms with E-state index in [9.17, 15) is 14.9 Å². The molecule has 0 spiro atoms. The van der Waals surface area contributed by atoms with Gasteiger partial charge in [0.05, 0.1) is 12.3 Å². The number of ketones is 1. The number of ether oxygens (including phenoxy) is 1. The summed E-state index contributed by atoms with van der Waals surface area (Å²) >= 11 is 0. The van der Waals surface area contributed by atoms with E-state index in [0.717, 1.165) is 0 Å². The van der Waals surface area contributed by atoms with Gasteiger partial charge in [-0.2, -0.15) is 5.26 Å². The molecule has 128 valence electrons. The van der Waals surface area contributed by atoms with Crippen LogP contribution < -0.4 is 10.3 Å². The van der Waals surface area contributed by atoms with Gasteiger partial charge in [0.2, 0.25) is 0 Å². The third-order valence-electron chi connectivity index (χ3n) is 4.41. The number of rotatable bonds is 3. The van der Waals surface area contributed by atoms with E-state index < -0.39 is 5.56 Å². The Morgan fingerprint density at radius 1 is 1.24 bits per heavy atom. The molecule has 0 N–H and O–H groups in total. The first-order valence-corrected chi connectivity index (χ1v) is 8.32. The number of pyridine rings is 1. The monoisotopic (exact) mass is 336 g/mol. The van der Waals surface area contributed by atoms with Crippen molar-refractivity contribution in [2.75, 3.05) is 6.61 Å². The van der Waals surface area contributed by atoms with Crippen LogP contribution in [0.15, 0.2) is 35.1 Å². The second-order valence-electron chi connectivity index (χ2n) is 7.01. The molecule has 1 heterocycles. The Morgan fingerprint density at radius 2 is 1.96 bits per heavy atom. The number of para-hydroxylation sites is 2. The first kappa shape index (κ1) is 17.0. The molecule has 1 aliphatic carbocycles. The summed E-state index contributed by atoms with van der Waals surface area (Å²) in [5.74, 6) is 0.519. The fraction of sp³-hybridized carbons (Fsp3) is 0.350. The molecule has 5 nitrogen and oxygen atoms in total. The van der Waals surface area contributed by atoms with E-state index in [-0.39, 0.29) is 16.8 Å². The van der Waals surface area contributed by atoms with Crippen molar-refractivity contribution in [2.24, 2.45) is 5.41 Å². The van der Waals surface area contributed by atoms with Crippen LogP contribution in [0.4, 0.5) is 0 Å². The van der Waals surface area contributed by atoms with E-state index in [0.29, 0.717) is 42.1 Å². The molecule has 0 saturated carbocycles. The lowest BCUT2D eigenvalue weighted by atomic mass is 9.75. The maximum atomic E-state index is 12.9. The van der Waals surface area contributed by atoms with Crippen LogP contribution in [0.2, 0.25) is 0 Å². The summed E-state index contributed by atoms with van der Waals surface area (Å²) in [6.07, 6.45) is 0.978. The summed E-state index contributed by atoms with van der Waals surface area (Å²) in [5, 5.41) is 9.35. The predicted molar refractivity (Wildman–Crippen MR) is 94.4 cm³/mol. The molecule has 25 heavy (non-hydrogen) atoms. The molecule has 0 unspecified atom stereocenters. The highest BCUT2D eigenvalue weighted by molar-refractivity contribution is 5.99. The van der Waals surface area contributed by atoms with E-state index in [1.807, 2.05) is 39.0 Å². The summed E-state index contributed by atoms with van der Waals surface area (Å²) in [6.45, 7) is 6.34. The molecule has 0 atom stereocenters. The van der Waals surface area contributed by atoms with Crippen LogP contribution >= 0.6 is 0 Å². The van der Waals surface area contributed by atoms with Crippen molar-refractivity contribution in [3.05, 3.63) is 57.5 Å². The number of carbonyl (C=O) groups excluding carboxylic acids is 1. The number of hydrogen-bond donors (Lipinski definition) is 0. The van der Waals surface area contributed by atoms with Gasteiger partial charge >= 0.3 is 0 Å². The van der Waals surface area contributed by atoms with E-state index >= 15 is 0 Å². The van der Waals surface area contributed by atoms with Gasteiger partial charge in [0.1, 0.15) is 17.4 Å². The zero-order valence-electron chi connectivity index (χ0n) is 14.6. The summed E-state index contributed by atoms with van der Waals surface area (Å²) < 4.78 is 7.15. The van der Waals surface area contributed by atoms with Crippen LogP contribution in [0.1, 0.15) is 48.8 Å². The van der Waals surface area contributed by atoms with Crippen molar-refractivity contribution >= 4 is 5.78 Å². The van der Waals surface area contributed by atoms with Gasteiger partial charge in [0.25, 0.3) is 5.56 Å². The van der Waals surface area contributed by atoms with Gasteiger partial charge in [-0.25, -0.2) is 0 Å². The average molecular weight is 336 g/mol. The number of nitrogens with zero attached hydrogens (tertiary/aromatic N) is 2. The molecule has 0 saturated heterocycles. The average Bonchev–Trinajstić information content (AvgIpc) is 2.55. The standard InChI is InChI=1S/C20H20N2O3/c1-4-25-18-8-6-5-7-15(18)22-16-10-20(2,3)11-17(23)14(16)9-13(12-21)19(22)24/h5-9H,4,10-11H2,1-3H3. The molecule has 0 bridgehead atoms. The summed E-state index contributed by atoms with van der Waals surface area (Å²) in [7, 11) is 0. The normalized spacial score (nSPS) is 15.4. The Hall–Kier alpha value is -2.87. The second-order valence-corrected chi connectivity index (χ2v) is 7.01. The minimum atomic E-state index is -0.418. The fourth-order valence-corrected chi connectivity index (χ4v) is 3.37. The van der Waals surface area contributed by atoms with Gasteiger partial charge in [-0.1, -0.05) is 26.0 Å². The van der Waals surface area contributed by atoms with Gasteiger partial charge in [-0.15, -0.1) is 0 Å². The smallest absolute Gasteiger partial charge is 0.273 e. The number of carbonyl (C=O) groups is 1. The van der Waals surface area contributed by atoms with Crippen molar-refractivity contribution in [1.82, 2.24) is 4.57 Å². The molecule has 3 rings (SSSR count). The van der Waals surface area contributed by atoms with Gasteiger partial charge in [0, 0.05) is 17.7 Å². The largest absolute Gasteiger partial charge is 0.492 e. The molecule has 5 heteroatoms. The fourth-order valence-electron chi connectivity index (χ4n) is 3.37. The van der Waals surface area contributed by atoms with Crippen molar-refractivity contribution in [2.45, 2.75) is 33.6 Å². The first-order chi connectivity index (χ1) is 11.9. The molecule has 0 aliphatic heterocycles. The second kappa shape index (κ2) is 6.21. The lowest BCUT2D eigenvalue weighted by molar-refractivity contribution is 0.0908. The lowest BCUT2D eigenvalue weighted by Crippen LogP contribution is -2.35. The van der Waals surface area contributed by atoms with E-state index in [1.54, 1.807) is 12.1 Å². The third kappa shape index (κ3) is 2.96. The maximum Gasteiger partial charge on any atom is 0.273 e. The molecule has 1 aliphatic rings. The van der Waals surface area contributed by atoms with Crippen LogP contribution in [-0.4, -0.2) is 17.0 Å². The summed E-state index contributed by atoms with van der Waals surface area (Å²) in [6, 6.07) is 10.6. The van der Waals surface area contributed by atoms with Gasteiger partial charge in [0.15, 0.2) is 5.78 Å². The molecule has 0 fully saturated rings. The van der Waals surface area contributed by atoms with Crippen LogP contribution in [0.5, 0.6) is 5.75 Å². The zero-order chi connectivity index (χ0) is 18.2. The molecule has 2 aromatic rings. The number of hydrogen-bond acceptors (Lipinski definition) is 4. The predicted octanol–water partition coefficient (Wildman–Crippen LogP) is 3.26. The molecule has 0 radical (unpaired) electrons. The quantitative estimate of drug-likeness (QED) is 0.862. The molecular formula is C20H20N2O3. The number of nitriles is 1. The van der Waals surface area contributed by atoms with Crippen molar-refractivity contribution in [3.63, 3.8) is 0 Å². The van der Waals surface area contributed by atoms with E-state index in [1.165, 1.54) is 10.6 Å². The summed E-state index contributed by atoms with van der Waals surface area (Å²) in [5.41, 5.74) is 0.983. The Morgan fingerprint density at radius 3 is 2.64 bits per heavy atom. The van der Waals surface area contributed by atoms with Crippen molar-refractivity contribution < 1.29 is 9.53 Å². The number of Topliss-reactive ketones (excluding diaryl/α,β-unsaturated/α-hetero) is 1. The Balaban J connectivity index is 2.38. The van der Waals surface area contributed by atoms with Crippen LogP contribution in [-0.2, 0) is 6.42 Å². The SMILES string of the molecule is CCOc1ccccc1-n1c2c(cc(C#N)c1=O)C(=O)CC(C)(C)C2. The maximum absolute atomic E-state index is 12.9. The third-order valence-corrected chi connectivity index (χ3v) is 4.41. The molecular weight excluding hydrogens is 316 g/mol. The lowest BCUT2D eigenvalue weighted by Gasteiger charge is -2.32. The zero-order valence-corrected chi connectivity index (χ0v) is 14.6. The highest BCUT2D eigenvalue weighted by Crippen LogP contribution is 2.36. The van der Waals surface area contributed by atoms with Gasteiger partial charge < -0.3 is 4.74 Å². The van der Waals surface area contributed by atoms with Crippen molar-refractivity contribution in [3.8, 4) is 17.5 Å². The van der Waals surface area contributed by atoms with Gasteiger partial charge in [-0.3, -0.25) is 14.2 Å². The van der Waals surface area contributed by atoms with Crippen LogP contribution in [0, 0.1) is 16.7 Å². The number of benzene rings is 1. The van der Waals surface area contributed by atoms with Crippen LogP contribution in [0.3, 0.4) is 0 Å². The summed E-state index contributed by atoms with van der Waals surface area (Å²) in [4.78, 5) is 25.5. The highest BCUT2D eigenvalue weighted by atomic mass is 16.5. The minimum Gasteiger partial charge on any atom is -0.492 e. The number of aromatic nitrogens is 1. The van der Waals surface area contributed by atoms with Gasteiger partial charge in [-0.05, 0) is 37.0 Å². The van der Waals surface area contributed by atoms with E-state index in [4.69, 9.17) is 4.74 Å². The first-order valence-electron chi connectivity index (χ1n) is 8.32. The molecule has 1 aromatic carbocycles. The number of fused-ring (bicyclic) bond motifs is 1. The van der Waals surface area contributed by atoms with E-state index in [2.05, 4.69) is 0 Å². The Kier molecular flexibility index (Phi) is 4.22. The molecule has 1 aromatic heterocycles.